The third-order valence-corrected chi connectivity index (χ3v) is 6.68. The Kier molecular flexibility index (Phi) is 5.81. The predicted molar refractivity (Wildman–Crippen MR) is 116 cm³/mol. The summed E-state index contributed by atoms with van der Waals surface area (Å²) in [6.45, 7) is 10.1. The second-order valence-electron chi connectivity index (χ2n) is 8.27. The van der Waals surface area contributed by atoms with Crippen LogP contribution in [0.4, 0.5) is 10.5 Å². The zero-order chi connectivity index (χ0) is 21.5. The van der Waals surface area contributed by atoms with Gasteiger partial charge in [0.2, 0.25) is 0 Å². The van der Waals surface area contributed by atoms with Crippen LogP contribution in [0, 0.1) is 0 Å². The first-order chi connectivity index (χ1) is 13.6. The van der Waals surface area contributed by atoms with E-state index >= 15 is 0 Å². The lowest BCUT2D eigenvalue weighted by atomic mass is 9.80. The zero-order valence-electron chi connectivity index (χ0n) is 17.8. The lowest BCUT2D eigenvalue weighted by Crippen LogP contribution is -2.45. The Morgan fingerprint density at radius 1 is 1.38 bits per heavy atom. The Balaban J connectivity index is 1.88. The monoisotopic (exact) mass is 416 g/mol. The van der Waals surface area contributed by atoms with Crippen LogP contribution in [-0.4, -0.2) is 47.3 Å². The topological polar surface area (TPSA) is 66.9 Å². The third-order valence-electron chi connectivity index (χ3n) is 5.79. The van der Waals surface area contributed by atoms with Gasteiger partial charge in [0.25, 0.3) is 11.1 Å². The fourth-order valence-corrected chi connectivity index (χ4v) is 4.93. The van der Waals surface area contributed by atoms with Crippen molar-refractivity contribution in [3.8, 4) is 0 Å². The molecule has 0 radical (unpaired) electrons. The molecule has 2 atom stereocenters. The molecule has 156 valence electrons. The number of rotatable bonds is 4. The SMILES string of the molecule is CCOC(=O)C(C)N1C(=O)S/C(=C\c2ccc3c(c2)C(C)CC(C)(C)N3C)C1=O. The second-order valence-corrected chi connectivity index (χ2v) is 9.27. The number of nitrogens with zero attached hydrogens (tertiary/aromatic N) is 2. The average Bonchev–Trinajstić information content (AvgIpc) is 2.92. The van der Waals surface area contributed by atoms with Gasteiger partial charge in [-0.05, 0) is 81.1 Å². The molecule has 2 heterocycles. The van der Waals surface area contributed by atoms with E-state index in [-0.39, 0.29) is 12.1 Å². The molecule has 0 N–H and O–H groups in total. The van der Waals surface area contributed by atoms with Gasteiger partial charge in [-0.15, -0.1) is 0 Å². The van der Waals surface area contributed by atoms with Crippen molar-refractivity contribution in [1.29, 1.82) is 0 Å². The number of esters is 1. The molecule has 3 rings (SSSR count). The summed E-state index contributed by atoms with van der Waals surface area (Å²) < 4.78 is 4.95. The van der Waals surface area contributed by atoms with Crippen molar-refractivity contribution in [3.05, 3.63) is 34.2 Å². The Bertz CT molecular complexity index is 893. The molecule has 0 aliphatic carbocycles. The van der Waals surface area contributed by atoms with Crippen LogP contribution in [0.25, 0.3) is 6.08 Å². The highest BCUT2D eigenvalue weighted by molar-refractivity contribution is 8.18. The average molecular weight is 417 g/mol. The molecule has 2 aliphatic rings. The van der Waals surface area contributed by atoms with Crippen molar-refractivity contribution in [2.24, 2.45) is 0 Å². The summed E-state index contributed by atoms with van der Waals surface area (Å²) in [4.78, 5) is 40.7. The van der Waals surface area contributed by atoms with E-state index in [1.807, 2.05) is 6.07 Å². The van der Waals surface area contributed by atoms with Gasteiger partial charge >= 0.3 is 5.97 Å². The summed E-state index contributed by atoms with van der Waals surface area (Å²) in [5.74, 6) is -0.641. The number of benzene rings is 1. The van der Waals surface area contributed by atoms with Gasteiger partial charge in [0.05, 0.1) is 11.5 Å². The van der Waals surface area contributed by atoms with Crippen molar-refractivity contribution in [2.45, 2.75) is 58.5 Å². The van der Waals surface area contributed by atoms with Crippen LogP contribution >= 0.6 is 11.8 Å². The van der Waals surface area contributed by atoms with Crippen LogP contribution in [0.2, 0.25) is 0 Å². The highest BCUT2D eigenvalue weighted by atomic mass is 32.2. The molecule has 0 saturated carbocycles. The van der Waals surface area contributed by atoms with E-state index in [4.69, 9.17) is 4.74 Å². The number of ether oxygens (including phenoxy) is 1. The highest BCUT2D eigenvalue weighted by Crippen LogP contribution is 2.43. The van der Waals surface area contributed by atoms with Crippen LogP contribution in [0.15, 0.2) is 23.1 Å². The van der Waals surface area contributed by atoms with Gasteiger partial charge in [-0.1, -0.05) is 13.0 Å². The van der Waals surface area contributed by atoms with Crippen LogP contribution < -0.4 is 4.90 Å². The van der Waals surface area contributed by atoms with Gasteiger partial charge in [0, 0.05) is 18.3 Å². The number of hydrogen-bond donors (Lipinski definition) is 0. The minimum absolute atomic E-state index is 0.0832. The summed E-state index contributed by atoms with van der Waals surface area (Å²) in [6, 6.07) is 5.19. The van der Waals surface area contributed by atoms with E-state index in [2.05, 4.69) is 44.9 Å². The Morgan fingerprint density at radius 3 is 2.72 bits per heavy atom. The zero-order valence-corrected chi connectivity index (χ0v) is 18.6. The van der Waals surface area contributed by atoms with Gasteiger partial charge in [0.15, 0.2) is 0 Å². The maximum Gasteiger partial charge on any atom is 0.329 e. The van der Waals surface area contributed by atoms with Gasteiger partial charge in [-0.2, -0.15) is 0 Å². The predicted octanol–water partition coefficient (Wildman–Crippen LogP) is 4.40. The maximum absolute atomic E-state index is 12.8. The summed E-state index contributed by atoms with van der Waals surface area (Å²) >= 11 is 0.859. The number of carbonyl (C=O) groups is 3. The smallest absolute Gasteiger partial charge is 0.329 e. The van der Waals surface area contributed by atoms with Crippen molar-refractivity contribution >= 4 is 40.6 Å². The number of carbonyl (C=O) groups excluding carboxylic acids is 3. The van der Waals surface area contributed by atoms with E-state index in [0.717, 1.165) is 28.6 Å². The molecule has 6 nitrogen and oxygen atoms in total. The number of imide groups is 1. The molecular weight excluding hydrogens is 388 g/mol. The summed E-state index contributed by atoms with van der Waals surface area (Å²) in [6.07, 6.45) is 2.77. The number of hydrogen-bond acceptors (Lipinski definition) is 6. The van der Waals surface area contributed by atoms with Crippen LogP contribution in [-0.2, 0) is 14.3 Å². The fraction of sp³-hybridized carbons (Fsp3) is 0.500. The molecule has 29 heavy (non-hydrogen) atoms. The number of anilines is 1. The summed E-state index contributed by atoms with van der Waals surface area (Å²) in [5.41, 5.74) is 3.38. The quantitative estimate of drug-likeness (QED) is 0.535. The first kappa shape index (κ1) is 21.4. The van der Waals surface area contributed by atoms with E-state index in [9.17, 15) is 14.4 Å². The van der Waals surface area contributed by atoms with Crippen molar-refractivity contribution in [3.63, 3.8) is 0 Å². The fourth-order valence-electron chi connectivity index (χ4n) is 4.02. The molecule has 2 amide bonds. The van der Waals surface area contributed by atoms with Crippen LogP contribution in [0.3, 0.4) is 0 Å². The molecule has 1 saturated heterocycles. The molecule has 2 aliphatic heterocycles. The van der Waals surface area contributed by atoms with E-state index in [1.54, 1.807) is 13.0 Å². The molecule has 0 aromatic heterocycles. The molecule has 1 aromatic carbocycles. The summed E-state index contributed by atoms with van der Waals surface area (Å²) in [5, 5.41) is -0.449. The van der Waals surface area contributed by atoms with E-state index in [1.165, 1.54) is 18.2 Å². The molecule has 0 spiro atoms. The molecule has 2 unspecified atom stereocenters. The van der Waals surface area contributed by atoms with E-state index < -0.39 is 23.2 Å². The van der Waals surface area contributed by atoms with Gasteiger partial charge < -0.3 is 9.64 Å². The molecule has 1 fully saturated rings. The lowest BCUT2D eigenvalue weighted by molar-refractivity contribution is -0.150. The van der Waals surface area contributed by atoms with Crippen molar-refractivity contribution < 1.29 is 19.1 Å². The first-order valence-electron chi connectivity index (χ1n) is 9.88. The molecule has 0 bridgehead atoms. The van der Waals surface area contributed by atoms with Crippen molar-refractivity contribution in [2.75, 3.05) is 18.6 Å². The van der Waals surface area contributed by atoms with Gasteiger partial charge in [0.1, 0.15) is 6.04 Å². The third kappa shape index (κ3) is 3.92. The first-order valence-corrected chi connectivity index (χ1v) is 10.7. The molecule has 7 heteroatoms. The largest absolute Gasteiger partial charge is 0.464 e. The normalized spacial score (nSPS) is 23.4. The van der Waals surface area contributed by atoms with Crippen LogP contribution in [0.1, 0.15) is 58.1 Å². The minimum Gasteiger partial charge on any atom is -0.464 e. The number of thioether (sulfide) groups is 1. The number of amides is 2. The van der Waals surface area contributed by atoms with E-state index in [0.29, 0.717) is 10.8 Å². The summed E-state index contributed by atoms with van der Waals surface area (Å²) in [7, 11) is 2.10. The number of fused-ring (bicyclic) bond motifs is 1. The molecular formula is C22H28N2O4S. The highest BCUT2D eigenvalue weighted by Gasteiger charge is 2.41. The molecule has 1 aromatic rings. The van der Waals surface area contributed by atoms with Gasteiger partial charge in [-0.3, -0.25) is 14.5 Å². The minimum atomic E-state index is -0.937. The standard InChI is InChI=1S/C22H28N2O4S/c1-7-28-20(26)14(3)24-19(25)18(29-21(24)27)11-15-8-9-17-16(10-15)13(2)12-22(4,5)23(17)6/h8-11,13-14H,7,12H2,1-6H3/b18-11-. The Hall–Kier alpha value is -2.28. The second kappa shape index (κ2) is 7.86. The van der Waals surface area contributed by atoms with Crippen molar-refractivity contribution in [1.82, 2.24) is 4.90 Å². The Morgan fingerprint density at radius 2 is 2.07 bits per heavy atom. The Labute approximate surface area is 176 Å². The lowest BCUT2D eigenvalue weighted by Gasteiger charge is -2.45. The maximum atomic E-state index is 12.8. The van der Waals surface area contributed by atoms with Crippen LogP contribution in [0.5, 0.6) is 0 Å². The van der Waals surface area contributed by atoms with Gasteiger partial charge in [-0.25, -0.2) is 4.79 Å².